The van der Waals surface area contributed by atoms with Crippen LogP contribution in [0.5, 0.6) is 5.75 Å². The van der Waals surface area contributed by atoms with Gasteiger partial charge in [-0.25, -0.2) is 0 Å². The number of hydrogen-bond acceptors (Lipinski definition) is 3. The second kappa shape index (κ2) is 3.65. The van der Waals surface area contributed by atoms with Crippen LogP contribution in [0.15, 0.2) is 11.4 Å². The number of nitrogens with zero attached hydrogens (tertiary/aromatic N) is 1. The fourth-order valence-electron chi connectivity index (χ4n) is 0.634. The van der Waals surface area contributed by atoms with Crippen LogP contribution >= 0.6 is 11.3 Å². The Morgan fingerprint density at radius 2 is 2.45 bits per heavy atom. The molecule has 0 fully saturated rings. The molecule has 3 heteroatoms. The zero-order valence-corrected chi connectivity index (χ0v) is 6.73. The molecule has 1 heterocycles. The molecule has 0 N–H and O–H groups in total. The van der Waals surface area contributed by atoms with E-state index in [9.17, 15) is 0 Å². The Hall–Kier alpha value is -1.45. The number of nitriles is 1. The third-order valence-corrected chi connectivity index (χ3v) is 1.89. The lowest BCUT2D eigenvalue weighted by Crippen LogP contribution is -1.80. The molecule has 1 aromatic heterocycles. The standard InChI is InChI=1S/C8H5NOS/c1-10-7-4-6-11-8(7)3-2-5-9/h4,6H,1H3. The summed E-state index contributed by atoms with van der Waals surface area (Å²) in [6.07, 6.45) is 0. The smallest absolute Gasteiger partial charge is 0.152 e. The van der Waals surface area contributed by atoms with E-state index in [1.165, 1.54) is 11.3 Å². The first-order chi connectivity index (χ1) is 5.38. The van der Waals surface area contributed by atoms with Gasteiger partial charge in [0.15, 0.2) is 6.07 Å². The van der Waals surface area contributed by atoms with Crippen LogP contribution in [0.25, 0.3) is 0 Å². The maximum atomic E-state index is 8.17. The van der Waals surface area contributed by atoms with Crippen LogP contribution in [0.4, 0.5) is 0 Å². The molecule has 0 atom stereocenters. The summed E-state index contributed by atoms with van der Waals surface area (Å²) in [4.78, 5) is 0.800. The van der Waals surface area contributed by atoms with Gasteiger partial charge < -0.3 is 4.74 Å². The first kappa shape index (κ1) is 7.65. The summed E-state index contributed by atoms with van der Waals surface area (Å²) in [5.41, 5.74) is 0. The van der Waals surface area contributed by atoms with Crippen LogP contribution in [0, 0.1) is 23.2 Å². The molecule has 2 nitrogen and oxygen atoms in total. The molecule has 0 unspecified atom stereocenters. The van der Waals surface area contributed by atoms with Gasteiger partial charge in [-0.1, -0.05) is 0 Å². The third kappa shape index (κ3) is 1.73. The van der Waals surface area contributed by atoms with Gasteiger partial charge in [0.1, 0.15) is 10.6 Å². The maximum Gasteiger partial charge on any atom is 0.152 e. The molecule has 0 aromatic carbocycles. The van der Waals surface area contributed by atoms with Crippen molar-refractivity contribution in [2.45, 2.75) is 0 Å². The molecule has 0 aliphatic heterocycles. The number of ether oxygens (including phenoxy) is 1. The normalized spacial score (nSPS) is 7.64. The third-order valence-electron chi connectivity index (χ3n) is 1.08. The van der Waals surface area contributed by atoms with E-state index in [1.54, 1.807) is 13.2 Å². The maximum absolute atomic E-state index is 8.17. The molecule has 0 aliphatic rings. The molecular weight excluding hydrogens is 158 g/mol. The van der Waals surface area contributed by atoms with Crippen molar-refractivity contribution in [3.8, 4) is 23.7 Å². The van der Waals surface area contributed by atoms with E-state index >= 15 is 0 Å². The van der Waals surface area contributed by atoms with Crippen molar-refractivity contribution in [2.24, 2.45) is 0 Å². The highest BCUT2D eigenvalue weighted by Gasteiger charge is 1.98. The first-order valence-electron chi connectivity index (χ1n) is 2.90. The Kier molecular flexibility index (Phi) is 2.54. The fourth-order valence-corrected chi connectivity index (χ4v) is 1.34. The van der Waals surface area contributed by atoms with Gasteiger partial charge >= 0.3 is 0 Å². The summed E-state index contributed by atoms with van der Waals surface area (Å²) >= 11 is 1.46. The number of rotatable bonds is 1. The molecule has 0 saturated heterocycles. The van der Waals surface area contributed by atoms with Crippen molar-refractivity contribution >= 4 is 11.3 Å². The van der Waals surface area contributed by atoms with Gasteiger partial charge in [-0.3, -0.25) is 0 Å². The Bertz CT molecular complexity index is 337. The van der Waals surface area contributed by atoms with Crippen LogP contribution < -0.4 is 4.74 Å². The van der Waals surface area contributed by atoms with Crippen molar-refractivity contribution in [3.63, 3.8) is 0 Å². The molecule has 0 bridgehead atoms. The monoisotopic (exact) mass is 163 g/mol. The van der Waals surface area contributed by atoms with E-state index in [0.29, 0.717) is 0 Å². The van der Waals surface area contributed by atoms with E-state index in [1.807, 2.05) is 11.4 Å². The van der Waals surface area contributed by atoms with Crippen molar-refractivity contribution in [1.29, 1.82) is 5.26 Å². The van der Waals surface area contributed by atoms with Gasteiger partial charge in [0.2, 0.25) is 0 Å². The first-order valence-corrected chi connectivity index (χ1v) is 3.78. The van der Waals surface area contributed by atoms with Gasteiger partial charge in [-0.05, 0) is 17.4 Å². The van der Waals surface area contributed by atoms with E-state index in [0.717, 1.165) is 10.6 Å². The van der Waals surface area contributed by atoms with Gasteiger partial charge in [0.05, 0.1) is 7.11 Å². The number of thiophene rings is 1. The molecule has 1 aromatic rings. The van der Waals surface area contributed by atoms with Crippen LogP contribution in [-0.2, 0) is 0 Å². The molecule has 1 rings (SSSR count). The molecular formula is C8H5NOS. The van der Waals surface area contributed by atoms with Crippen LogP contribution in [0.3, 0.4) is 0 Å². The van der Waals surface area contributed by atoms with Gasteiger partial charge in [-0.2, -0.15) is 5.26 Å². The van der Waals surface area contributed by atoms with E-state index in [2.05, 4.69) is 11.8 Å². The van der Waals surface area contributed by atoms with E-state index in [4.69, 9.17) is 10.00 Å². The van der Waals surface area contributed by atoms with Crippen LogP contribution in [0.2, 0.25) is 0 Å². The van der Waals surface area contributed by atoms with Gasteiger partial charge in [-0.15, -0.1) is 11.3 Å². The highest BCUT2D eigenvalue weighted by Crippen LogP contribution is 2.22. The van der Waals surface area contributed by atoms with E-state index in [-0.39, 0.29) is 0 Å². The predicted octanol–water partition coefficient (Wildman–Crippen LogP) is 1.63. The zero-order chi connectivity index (χ0) is 8.10. The molecule has 0 amide bonds. The second-order valence-corrected chi connectivity index (χ2v) is 2.60. The second-order valence-electron chi connectivity index (χ2n) is 1.68. The van der Waals surface area contributed by atoms with Gasteiger partial charge in [0, 0.05) is 5.92 Å². The van der Waals surface area contributed by atoms with Crippen LogP contribution in [0.1, 0.15) is 4.88 Å². The molecule has 0 spiro atoms. The summed E-state index contributed by atoms with van der Waals surface area (Å²) in [7, 11) is 1.58. The number of hydrogen-bond donors (Lipinski definition) is 0. The molecule has 11 heavy (non-hydrogen) atoms. The predicted molar refractivity (Wildman–Crippen MR) is 43.4 cm³/mol. The highest BCUT2D eigenvalue weighted by atomic mass is 32.1. The summed E-state index contributed by atoms with van der Waals surface area (Å²) in [5.74, 6) is 5.72. The number of methoxy groups -OCH3 is 1. The lowest BCUT2D eigenvalue weighted by atomic mass is 10.4. The molecule has 0 radical (unpaired) electrons. The quantitative estimate of drug-likeness (QED) is 0.589. The Labute approximate surface area is 69.0 Å². The Morgan fingerprint density at radius 1 is 1.64 bits per heavy atom. The topological polar surface area (TPSA) is 33.0 Å². The minimum absolute atomic E-state index is 0.734. The largest absolute Gasteiger partial charge is 0.495 e. The average molecular weight is 163 g/mol. The Balaban J connectivity index is 2.95. The van der Waals surface area contributed by atoms with Crippen molar-refractivity contribution in [2.75, 3.05) is 7.11 Å². The summed E-state index contributed by atoms with van der Waals surface area (Å²) in [5, 5.41) is 10.0. The SMILES string of the molecule is COc1ccsc1C#CC#N. The summed E-state index contributed by atoms with van der Waals surface area (Å²) in [6.45, 7) is 0. The van der Waals surface area contributed by atoms with E-state index < -0.39 is 0 Å². The van der Waals surface area contributed by atoms with Crippen molar-refractivity contribution in [1.82, 2.24) is 0 Å². The zero-order valence-electron chi connectivity index (χ0n) is 5.92. The van der Waals surface area contributed by atoms with Crippen LogP contribution in [-0.4, -0.2) is 7.11 Å². The summed E-state index contributed by atoms with van der Waals surface area (Å²) in [6, 6.07) is 3.57. The lowest BCUT2D eigenvalue weighted by molar-refractivity contribution is 0.415. The minimum atomic E-state index is 0.734. The summed E-state index contributed by atoms with van der Waals surface area (Å²) < 4.78 is 4.98. The van der Waals surface area contributed by atoms with Crippen molar-refractivity contribution < 1.29 is 4.74 Å². The highest BCUT2D eigenvalue weighted by molar-refractivity contribution is 7.10. The van der Waals surface area contributed by atoms with Gasteiger partial charge in [0.25, 0.3) is 0 Å². The molecule has 0 aliphatic carbocycles. The molecule has 54 valence electrons. The molecule has 0 saturated carbocycles. The minimum Gasteiger partial charge on any atom is -0.495 e. The average Bonchev–Trinajstić information content (AvgIpc) is 2.47. The van der Waals surface area contributed by atoms with Crippen molar-refractivity contribution in [3.05, 3.63) is 16.3 Å². The fraction of sp³-hybridized carbons (Fsp3) is 0.125. The lowest BCUT2D eigenvalue weighted by Gasteiger charge is -1.92. The Morgan fingerprint density at radius 3 is 3.09 bits per heavy atom.